The average molecular weight is 424 g/mol. The molecule has 5 rings (SSSR count). The monoisotopic (exact) mass is 423 g/mol. The van der Waals surface area contributed by atoms with E-state index in [0.29, 0.717) is 24.1 Å². The Kier molecular flexibility index (Phi) is 4.98. The molecular formula is C23H22FN3O2S. The summed E-state index contributed by atoms with van der Waals surface area (Å²) >= 11 is 1.54. The van der Waals surface area contributed by atoms with Gasteiger partial charge in [-0.3, -0.25) is 4.79 Å². The van der Waals surface area contributed by atoms with Crippen molar-refractivity contribution in [1.29, 1.82) is 0 Å². The van der Waals surface area contributed by atoms with Crippen LogP contribution in [0.4, 0.5) is 4.39 Å². The summed E-state index contributed by atoms with van der Waals surface area (Å²) < 4.78 is 19.2. The molecule has 0 bridgehead atoms. The van der Waals surface area contributed by atoms with E-state index in [4.69, 9.17) is 4.74 Å². The van der Waals surface area contributed by atoms with Crippen LogP contribution < -0.4 is 4.74 Å². The van der Waals surface area contributed by atoms with Crippen LogP contribution in [0, 0.1) is 24.6 Å². The number of aromatic nitrogens is 2. The molecule has 0 radical (unpaired) electrons. The van der Waals surface area contributed by atoms with Gasteiger partial charge in [-0.15, -0.1) is 11.3 Å². The summed E-state index contributed by atoms with van der Waals surface area (Å²) in [6.45, 7) is 2.95. The maximum atomic E-state index is 13.6. The Bertz CT molecular complexity index is 1070. The molecule has 0 N–H and O–H groups in total. The summed E-state index contributed by atoms with van der Waals surface area (Å²) in [6.07, 6.45) is 3.44. The second-order valence-corrected chi connectivity index (χ2v) is 9.21. The second-order valence-electron chi connectivity index (χ2n) is 8.00. The Balaban J connectivity index is 1.39. The lowest BCUT2D eigenvalue weighted by molar-refractivity contribution is 0.0503. The minimum absolute atomic E-state index is 0.0515. The van der Waals surface area contributed by atoms with E-state index >= 15 is 0 Å². The molecule has 3 aromatic rings. The van der Waals surface area contributed by atoms with Crippen molar-refractivity contribution >= 4 is 17.2 Å². The van der Waals surface area contributed by atoms with Crippen LogP contribution in [-0.2, 0) is 0 Å². The Morgan fingerprint density at radius 3 is 2.87 bits per heavy atom. The number of rotatable bonds is 5. The van der Waals surface area contributed by atoms with E-state index in [1.807, 2.05) is 42.2 Å². The van der Waals surface area contributed by atoms with Crippen molar-refractivity contribution in [2.75, 3.05) is 13.2 Å². The number of ether oxygens (including phenoxy) is 1. The SMILES string of the molecule is Cc1nc(C(=O)N2C[C@@H]3C[C@@H]3C[C@H]2COc2cc(F)ccn2)c(-c2ccccc2)s1. The number of piperidine rings is 1. The maximum Gasteiger partial charge on any atom is 0.274 e. The van der Waals surface area contributed by atoms with Gasteiger partial charge in [0.05, 0.1) is 15.9 Å². The first-order valence-corrected chi connectivity index (χ1v) is 11.0. The van der Waals surface area contributed by atoms with E-state index < -0.39 is 0 Å². The highest BCUT2D eigenvalue weighted by Crippen LogP contribution is 2.47. The summed E-state index contributed by atoms with van der Waals surface area (Å²) in [5, 5.41) is 0.871. The zero-order valence-electron chi connectivity index (χ0n) is 16.6. The summed E-state index contributed by atoms with van der Waals surface area (Å²) in [5.41, 5.74) is 1.51. The van der Waals surface area contributed by atoms with Gasteiger partial charge in [-0.05, 0) is 43.2 Å². The molecule has 2 aromatic heterocycles. The third-order valence-corrected chi connectivity index (χ3v) is 6.89. The lowest BCUT2D eigenvalue weighted by atomic mass is 10.0. The molecule has 0 spiro atoms. The van der Waals surface area contributed by atoms with E-state index in [2.05, 4.69) is 9.97 Å². The van der Waals surface area contributed by atoms with Gasteiger partial charge in [-0.25, -0.2) is 14.4 Å². The molecule has 30 heavy (non-hydrogen) atoms. The molecule has 3 atom stereocenters. The molecule has 2 aliphatic rings. The van der Waals surface area contributed by atoms with E-state index in [1.165, 1.54) is 18.3 Å². The van der Waals surface area contributed by atoms with Gasteiger partial charge in [0.2, 0.25) is 5.88 Å². The predicted molar refractivity (Wildman–Crippen MR) is 113 cm³/mol. The van der Waals surface area contributed by atoms with Gasteiger partial charge in [0.15, 0.2) is 0 Å². The Morgan fingerprint density at radius 1 is 1.23 bits per heavy atom. The fraction of sp³-hybridized carbons (Fsp3) is 0.348. The van der Waals surface area contributed by atoms with Crippen LogP contribution in [-0.4, -0.2) is 40.0 Å². The molecule has 1 aliphatic carbocycles. The van der Waals surface area contributed by atoms with E-state index in [1.54, 1.807) is 11.3 Å². The predicted octanol–water partition coefficient (Wildman–Crippen LogP) is 4.58. The standard InChI is InChI=1S/C23H22FN3O2S/c1-14-26-21(22(30-14)15-5-3-2-4-6-15)23(28)27-12-17-9-16(17)10-19(27)13-29-20-11-18(24)7-8-25-20/h2-8,11,16-17,19H,9-10,12-13H2,1H3/t16-,17+,19+/m1/s1. The maximum absolute atomic E-state index is 13.6. The molecule has 1 amide bonds. The number of thiazole rings is 1. The number of fused-ring (bicyclic) bond motifs is 1. The molecule has 1 aromatic carbocycles. The first-order valence-electron chi connectivity index (χ1n) is 10.2. The van der Waals surface area contributed by atoms with Gasteiger partial charge < -0.3 is 9.64 Å². The minimum Gasteiger partial charge on any atom is -0.475 e. The average Bonchev–Trinajstić information content (AvgIpc) is 3.42. The highest BCUT2D eigenvalue weighted by atomic mass is 32.1. The number of aryl methyl sites for hydroxylation is 1. The normalized spacial score (nSPS) is 22.5. The number of carbonyl (C=O) groups is 1. The number of hydrogen-bond donors (Lipinski definition) is 0. The Labute approximate surface area is 178 Å². The van der Waals surface area contributed by atoms with Crippen molar-refractivity contribution in [2.24, 2.45) is 11.8 Å². The summed E-state index contributed by atoms with van der Waals surface area (Å²) in [5.74, 6) is 1.02. The van der Waals surface area contributed by atoms with Crippen molar-refractivity contribution < 1.29 is 13.9 Å². The van der Waals surface area contributed by atoms with Crippen molar-refractivity contribution in [2.45, 2.75) is 25.8 Å². The first-order chi connectivity index (χ1) is 14.6. The highest BCUT2D eigenvalue weighted by Gasteiger charge is 2.48. The molecule has 7 heteroatoms. The smallest absolute Gasteiger partial charge is 0.274 e. The van der Waals surface area contributed by atoms with E-state index in [9.17, 15) is 9.18 Å². The topological polar surface area (TPSA) is 55.3 Å². The molecule has 0 unspecified atom stereocenters. The number of halogens is 1. The lowest BCUT2D eigenvalue weighted by Crippen LogP contribution is -2.48. The number of hydrogen-bond acceptors (Lipinski definition) is 5. The van der Waals surface area contributed by atoms with Crippen LogP contribution in [0.15, 0.2) is 48.7 Å². The van der Waals surface area contributed by atoms with Gasteiger partial charge >= 0.3 is 0 Å². The number of pyridine rings is 1. The molecule has 3 heterocycles. The third-order valence-electron chi connectivity index (χ3n) is 5.87. The van der Waals surface area contributed by atoms with Crippen LogP contribution >= 0.6 is 11.3 Å². The van der Waals surface area contributed by atoms with Gasteiger partial charge in [0.25, 0.3) is 5.91 Å². The van der Waals surface area contributed by atoms with Gasteiger partial charge in [0, 0.05) is 18.8 Å². The second kappa shape index (κ2) is 7.80. The van der Waals surface area contributed by atoms with Crippen LogP contribution in [0.25, 0.3) is 10.4 Å². The number of benzene rings is 1. The fourth-order valence-electron chi connectivity index (χ4n) is 4.25. The van der Waals surface area contributed by atoms with E-state index in [-0.39, 0.29) is 23.6 Å². The van der Waals surface area contributed by atoms with Gasteiger partial charge in [-0.2, -0.15) is 0 Å². The quantitative estimate of drug-likeness (QED) is 0.603. The Hall–Kier alpha value is -2.80. The lowest BCUT2D eigenvalue weighted by Gasteiger charge is -2.35. The fourth-order valence-corrected chi connectivity index (χ4v) is 5.16. The van der Waals surface area contributed by atoms with Gasteiger partial charge in [-0.1, -0.05) is 30.3 Å². The minimum atomic E-state index is -0.385. The van der Waals surface area contributed by atoms with Crippen LogP contribution in [0.2, 0.25) is 0 Å². The third kappa shape index (κ3) is 3.81. The van der Waals surface area contributed by atoms with Gasteiger partial charge in [0.1, 0.15) is 18.1 Å². The number of amides is 1. The Morgan fingerprint density at radius 2 is 2.07 bits per heavy atom. The summed E-state index contributed by atoms with van der Waals surface area (Å²) in [7, 11) is 0. The number of carbonyl (C=O) groups excluding carboxylic acids is 1. The zero-order chi connectivity index (χ0) is 20.7. The molecular weight excluding hydrogens is 401 g/mol. The van der Waals surface area contributed by atoms with Crippen LogP contribution in [0.5, 0.6) is 5.88 Å². The molecule has 1 aliphatic heterocycles. The largest absolute Gasteiger partial charge is 0.475 e. The highest BCUT2D eigenvalue weighted by molar-refractivity contribution is 7.15. The molecule has 2 fully saturated rings. The molecule has 1 saturated carbocycles. The molecule has 5 nitrogen and oxygen atoms in total. The number of nitrogens with zero attached hydrogens (tertiary/aromatic N) is 3. The van der Waals surface area contributed by atoms with Crippen molar-refractivity contribution in [3.8, 4) is 16.3 Å². The van der Waals surface area contributed by atoms with Crippen LogP contribution in [0.1, 0.15) is 28.3 Å². The zero-order valence-corrected chi connectivity index (χ0v) is 17.4. The summed E-state index contributed by atoms with van der Waals surface area (Å²) in [6, 6.07) is 12.4. The van der Waals surface area contributed by atoms with Crippen molar-refractivity contribution in [3.05, 3.63) is 65.2 Å². The summed E-state index contributed by atoms with van der Waals surface area (Å²) in [4.78, 5) is 25.1. The van der Waals surface area contributed by atoms with Crippen molar-refractivity contribution in [1.82, 2.24) is 14.9 Å². The first kappa shape index (κ1) is 19.2. The molecule has 1 saturated heterocycles. The number of likely N-dealkylation sites (tertiary alicyclic amines) is 1. The molecule has 154 valence electrons. The van der Waals surface area contributed by atoms with Crippen molar-refractivity contribution in [3.63, 3.8) is 0 Å². The van der Waals surface area contributed by atoms with Crippen LogP contribution in [0.3, 0.4) is 0 Å². The van der Waals surface area contributed by atoms with E-state index in [0.717, 1.165) is 34.8 Å².